The van der Waals surface area contributed by atoms with E-state index in [0.29, 0.717) is 32.2 Å². The van der Waals surface area contributed by atoms with Crippen LogP contribution in [0.2, 0.25) is 0 Å². The first kappa shape index (κ1) is 19.4. The van der Waals surface area contributed by atoms with Gasteiger partial charge in [0.1, 0.15) is 12.4 Å². The Bertz CT molecular complexity index is 615. The van der Waals surface area contributed by atoms with Crippen molar-refractivity contribution in [2.75, 3.05) is 39.6 Å². The number of hydrogen-bond acceptors (Lipinski definition) is 7. The summed E-state index contributed by atoms with van der Waals surface area (Å²) in [5, 5.41) is 14.2. The van der Waals surface area contributed by atoms with Crippen molar-refractivity contribution in [2.24, 2.45) is 5.11 Å². The molecule has 24 heavy (non-hydrogen) atoms. The van der Waals surface area contributed by atoms with E-state index in [0.717, 1.165) is 0 Å². The van der Waals surface area contributed by atoms with Crippen LogP contribution in [0, 0.1) is 10.1 Å². The van der Waals surface area contributed by atoms with Gasteiger partial charge in [0.15, 0.2) is 5.78 Å². The molecule has 10 heteroatoms. The summed E-state index contributed by atoms with van der Waals surface area (Å²) in [6, 6.07) is 4.02. The van der Waals surface area contributed by atoms with Gasteiger partial charge >= 0.3 is 0 Å². The van der Waals surface area contributed by atoms with Gasteiger partial charge in [-0.25, -0.2) is 0 Å². The smallest absolute Gasteiger partial charge is 0.280 e. The summed E-state index contributed by atoms with van der Waals surface area (Å²) in [5.74, 6) is -0.0405. The molecule has 0 amide bonds. The number of carbonyl (C=O) groups is 1. The number of ketones is 1. The van der Waals surface area contributed by atoms with Gasteiger partial charge in [-0.1, -0.05) is 5.11 Å². The average Bonchev–Trinajstić information content (AvgIpc) is 2.56. The lowest BCUT2D eigenvalue weighted by Crippen LogP contribution is -2.12. The molecule has 0 aliphatic carbocycles. The Morgan fingerprint density at radius 1 is 1.25 bits per heavy atom. The first-order chi connectivity index (χ1) is 11.6. The van der Waals surface area contributed by atoms with Crippen LogP contribution >= 0.6 is 0 Å². The largest absolute Gasteiger partial charge is 0.491 e. The van der Waals surface area contributed by atoms with Crippen molar-refractivity contribution in [1.29, 1.82) is 0 Å². The van der Waals surface area contributed by atoms with Gasteiger partial charge in [0.05, 0.1) is 36.9 Å². The Hall–Kier alpha value is -2.68. The second kappa shape index (κ2) is 10.9. The number of nitro groups is 1. The fraction of sp³-hybridized carbons (Fsp3) is 0.500. The molecule has 0 bridgehead atoms. The van der Waals surface area contributed by atoms with E-state index >= 15 is 0 Å². The summed E-state index contributed by atoms with van der Waals surface area (Å²) < 4.78 is 15.8. The second-order valence-corrected chi connectivity index (χ2v) is 4.52. The molecular weight excluding hydrogens is 320 g/mol. The number of benzene rings is 1. The zero-order valence-corrected chi connectivity index (χ0v) is 13.2. The van der Waals surface area contributed by atoms with Gasteiger partial charge in [0.25, 0.3) is 5.69 Å². The van der Waals surface area contributed by atoms with Gasteiger partial charge in [0.2, 0.25) is 0 Å². The number of nitrogens with zero attached hydrogens (tertiary/aromatic N) is 4. The first-order valence-electron chi connectivity index (χ1n) is 7.14. The van der Waals surface area contributed by atoms with Crippen molar-refractivity contribution in [3.8, 4) is 5.75 Å². The Kier molecular flexibility index (Phi) is 8.84. The highest BCUT2D eigenvalue weighted by Crippen LogP contribution is 2.24. The van der Waals surface area contributed by atoms with Gasteiger partial charge in [-0.05, 0) is 24.6 Å². The second-order valence-electron chi connectivity index (χ2n) is 4.52. The third kappa shape index (κ3) is 7.05. The number of hydrogen-bond donors (Lipinski definition) is 0. The molecule has 0 heterocycles. The molecule has 10 nitrogen and oxygen atoms in total. The van der Waals surface area contributed by atoms with Gasteiger partial charge in [-0.3, -0.25) is 14.9 Å². The van der Waals surface area contributed by atoms with Gasteiger partial charge in [-0.2, -0.15) is 0 Å². The van der Waals surface area contributed by atoms with Gasteiger partial charge in [0, 0.05) is 17.5 Å². The van der Waals surface area contributed by atoms with Gasteiger partial charge < -0.3 is 14.2 Å². The van der Waals surface area contributed by atoms with E-state index in [1.807, 2.05) is 0 Å². The molecule has 0 radical (unpaired) electrons. The van der Waals surface area contributed by atoms with E-state index in [1.54, 1.807) is 0 Å². The minimum absolute atomic E-state index is 0.00634. The predicted octanol–water partition coefficient (Wildman–Crippen LogP) is 2.52. The molecule has 0 N–H and O–H groups in total. The van der Waals surface area contributed by atoms with Crippen LogP contribution in [0.1, 0.15) is 17.3 Å². The lowest BCUT2D eigenvalue weighted by molar-refractivity contribution is -0.385. The molecule has 1 aromatic rings. The average molecular weight is 338 g/mol. The zero-order chi connectivity index (χ0) is 17.8. The monoisotopic (exact) mass is 338 g/mol. The van der Waals surface area contributed by atoms with Crippen molar-refractivity contribution < 1.29 is 23.9 Å². The number of carbonyl (C=O) groups excluding carboxylic acids is 1. The molecule has 0 aliphatic heterocycles. The van der Waals surface area contributed by atoms with Gasteiger partial charge in [-0.15, -0.1) is 0 Å². The van der Waals surface area contributed by atoms with Crippen molar-refractivity contribution in [2.45, 2.75) is 6.92 Å². The Balaban J connectivity index is 2.28. The maximum atomic E-state index is 11.4. The Morgan fingerprint density at radius 3 is 2.54 bits per heavy atom. The first-order valence-corrected chi connectivity index (χ1v) is 7.14. The van der Waals surface area contributed by atoms with Crippen LogP contribution in [-0.4, -0.2) is 50.3 Å². The highest BCUT2D eigenvalue weighted by molar-refractivity contribution is 5.98. The van der Waals surface area contributed by atoms with Crippen LogP contribution in [0.25, 0.3) is 10.4 Å². The van der Waals surface area contributed by atoms with E-state index in [1.165, 1.54) is 25.1 Å². The van der Waals surface area contributed by atoms with Crippen molar-refractivity contribution >= 4 is 11.5 Å². The number of nitro benzene ring substituents is 1. The fourth-order valence-corrected chi connectivity index (χ4v) is 1.74. The molecule has 130 valence electrons. The topological polar surface area (TPSA) is 137 Å². The van der Waals surface area contributed by atoms with Crippen LogP contribution in [0.3, 0.4) is 0 Å². The van der Waals surface area contributed by atoms with Crippen molar-refractivity contribution in [3.63, 3.8) is 0 Å². The van der Waals surface area contributed by atoms with E-state index in [9.17, 15) is 14.9 Å². The molecule has 0 aromatic heterocycles. The quantitative estimate of drug-likeness (QED) is 0.109. The van der Waals surface area contributed by atoms with Crippen molar-refractivity contribution in [1.82, 2.24) is 0 Å². The summed E-state index contributed by atoms with van der Waals surface area (Å²) >= 11 is 0. The minimum Gasteiger partial charge on any atom is -0.491 e. The maximum Gasteiger partial charge on any atom is 0.280 e. The molecule has 0 unspecified atom stereocenters. The predicted molar refractivity (Wildman–Crippen MR) is 84.2 cm³/mol. The van der Waals surface area contributed by atoms with Crippen LogP contribution < -0.4 is 4.74 Å². The molecular formula is C14H18N4O6. The summed E-state index contributed by atoms with van der Waals surface area (Å²) in [6.07, 6.45) is 0. The van der Waals surface area contributed by atoms with Crippen LogP contribution in [-0.2, 0) is 9.47 Å². The summed E-state index contributed by atoms with van der Waals surface area (Å²) in [7, 11) is 0. The zero-order valence-electron chi connectivity index (χ0n) is 13.2. The van der Waals surface area contributed by atoms with Crippen LogP contribution in [0.4, 0.5) is 5.69 Å². The van der Waals surface area contributed by atoms with E-state index in [-0.39, 0.29) is 24.4 Å². The van der Waals surface area contributed by atoms with E-state index < -0.39 is 10.7 Å². The Morgan fingerprint density at radius 2 is 1.92 bits per heavy atom. The summed E-state index contributed by atoms with van der Waals surface area (Å²) in [5.41, 5.74) is 7.82. The number of Topliss-reactive ketones (excluding diaryl/α,β-unsaturated/α-hetero) is 1. The number of rotatable bonds is 12. The third-order valence-electron chi connectivity index (χ3n) is 2.81. The standard InChI is InChI=1S/C14H18N4O6/c1-11(19)13-10-12(2-3-14(13)18(20)21)24-9-8-23-7-6-22-5-4-16-17-15/h2-3,10H,4-9H2,1H3. The lowest BCUT2D eigenvalue weighted by atomic mass is 10.1. The highest BCUT2D eigenvalue weighted by atomic mass is 16.6. The SMILES string of the molecule is CC(=O)c1cc(OCCOCCOCCN=[N+]=[N-])ccc1[N+](=O)[O-]. The molecule has 0 aliphatic rings. The summed E-state index contributed by atoms with van der Waals surface area (Å²) in [4.78, 5) is 24.3. The lowest BCUT2D eigenvalue weighted by Gasteiger charge is -2.08. The molecule has 0 fully saturated rings. The normalized spacial score (nSPS) is 10.0. The third-order valence-corrected chi connectivity index (χ3v) is 2.81. The molecule has 0 atom stereocenters. The van der Waals surface area contributed by atoms with Crippen LogP contribution in [0.5, 0.6) is 5.75 Å². The Labute approximate surface area is 138 Å². The highest BCUT2D eigenvalue weighted by Gasteiger charge is 2.17. The van der Waals surface area contributed by atoms with E-state index in [4.69, 9.17) is 19.7 Å². The molecule has 0 saturated heterocycles. The van der Waals surface area contributed by atoms with E-state index in [2.05, 4.69) is 10.0 Å². The molecule has 1 aromatic carbocycles. The molecule has 0 spiro atoms. The summed E-state index contributed by atoms with van der Waals surface area (Å²) in [6.45, 7) is 3.13. The fourth-order valence-electron chi connectivity index (χ4n) is 1.74. The molecule has 0 saturated carbocycles. The minimum atomic E-state index is -0.606. The van der Waals surface area contributed by atoms with Crippen molar-refractivity contribution in [3.05, 3.63) is 44.3 Å². The maximum absolute atomic E-state index is 11.4. The number of azide groups is 1. The molecule has 1 rings (SSSR count). The number of ether oxygens (including phenoxy) is 3. The van der Waals surface area contributed by atoms with Crippen LogP contribution in [0.15, 0.2) is 23.3 Å².